The average molecular weight is 230 g/mol. The van der Waals surface area contributed by atoms with E-state index in [4.69, 9.17) is 0 Å². The minimum Gasteiger partial charge on any atom is -0.352 e. The molecule has 0 N–H and O–H groups in total. The van der Waals surface area contributed by atoms with E-state index in [0.29, 0.717) is 0 Å². The fraction of sp³-hybridized carbons (Fsp3) is 0.429. The number of fused-ring (bicyclic) bond motifs is 1. The first-order valence-electron chi connectivity index (χ1n) is 6.09. The van der Waals surface area contributed by atoms with Crippen LogP contribution < -0.4 is 5.32 Å². The van der Waals surface area contributed by atoms with Crippen molar-refractivity contribution in [3.05, 3.63) is 29.8 Å². The first kappa shape index (κ1) is 11.5. The van der Waals surface area contributed by atoms with Crippen LogP contribution in [0, 0.1) is 6.92 Å². The minimum absolute atomic E-state index is 0.359. The Morgan fingerprint density at radius 2 is 1.75 bits per heavy atom. The molecule has 0 aliphatic heterocycles. The van der Waals surface area contributed by atoms with E-state index in [9.17, 15) is 0 Å². The summed E-state index contributed by atoms with van der Waals surface area (Å²) >= 11 is 0. The van der Waals surface area contributed by atoms with Crippen LogP contribution in [-0.2, 0) is 7.05 Å². The Morgan fingerprint density at radius 3 is 2.31 bits per heavy atom. The maximum absolute atomic E-state index is 2.42. The third-order valence-corrected chi connectivity index (χ3v) is 6.64. The molecule has 0 saturated heterocycles. The fourth-order valence-corrected chi connectivity index (χ4v) is 5.10. The van der Waals surface area contributed by atoms with Crippen molar-refractivity contribution in [2.75, 3.05) is 0 Å². The molecule has 16 heavy (non-hydrogen) atoms. The van der Waals surface area contributed by atoms with Crippen molar-refractivity contribution in [1.29, 1.82) is 0 Å². The van der Waals surface area contributed by atoms with Gasteiger partial charge in [-0.2, -0.15) is 0 Å². The van der Waals surface area contributed by atoms with Crippen LogP contribution in [0.5, 0.6) is 0 Å². The largest absolute Gasteiger partial charge is 0.352 e. The van der Waals surface area contributed by atoms with Crippen LogP contribution in [0.4, 0.5) is 0 Å². The summed E-state index contributed by atoms with van der Waals surface area (Å²) in [5, 5.41) is 3.06. The lowest BCUT2D eigenvalue weighted by Crippen LogP contribution is -2.35. The molecule has 0 spiro atoms. The summed E-state index contributed by atoms with van der Waals surface area (Å²) in [5.41, 5.74) is 2.90. The second kappa shape index (κ2) is 4.46. The van der Waals surface area contributed by atoms with E-state index in [0.717, 1.165) is 0 Å². The molecular formula is C14H20NSi. The van der Waals surface area contributed by atoms with Crippen LogP contribution in [0.3, 0.4) is 0 Å². The van der Waals surface area contributed by atoms with E-state index >= 15 is 0 Å². The Bertz CT molecular complexity index is 456. The van der Waals surface area contributed by atoms with Gasteiger partial charge in [0, 0.05) is 23.3 Å². The zero-order chi connectivity index (χ0) is 11.7. The van der Waals surface area contributed by atoms with Crippen molar-refractivity contribution in [2.45, 2.75) is 32.9 Å². The molecule has 85 valence electrons. The zero-order valence-electron chi connectivity index (χ0n) is 10.7. The van der Waals surface area contributed by atoms with E-state index < -0.39 is 0 Å². The summed E-state index contributed by atoms with van der Waals surface area (Å²) in [6.07, 6.45) is 0. The third-order valence-electron chi connectivity index (χ3n) is 3.55. The second-order valence-corrected chi connectivity index (χ2v) is 7.46. The highest BCUT2D eigenvalue weighted by Crippen LogP contribution is 2.19. The number of rotatable bonds is 3. The lowest BCUT2D eigenvalue weighted by molar-refractivity contribution is 0.990. The highest BCUT2D eigenvalue weighted by molar-refractivity contribution is 6.73. The van der Waals surface area contributed by atoms with Crippen molar-refractivity contribution in [3.8, 4) is 0 Å². The molecule has 0 fully saturated rings. The predicted molar refractivity (Wildman–Crippen MR) is 74.0 cm³/mol. The lowest BCUT2D eigenvalue weighted by Gasteiger charge is -2.13. The molecule has 0 aliphatic carbocycles. The quantitative estimate of drug-likeness (QED) is 0.714. The minimum atomic E-state index is -0.359. The molecule has 0 atom stereocenters. The summed E-state index contributed by atoms with van der Waals surface area (Å²) < 4.78 is 2.42. The molecule has 2 aromatic rings. The van der Waals surface area contributed by atoms with Gasteiger partial charge in [-0.1, -0.05) is 44.1 Å². The molecule has 1 nitrogen and oxygen atoms in total. The van der Waals surface area contributed by atoms with Gasteiger partial charge in [-0.25, -0.2) is 0 Å². The van der Waals surface area contributed by atoms with Crippen LogP contribution in [0.25, 0.3) is 10.9 Å². The number of hydrogen-bond donors (Lipinski definition) is 0. The van der Waals surface area contributed by atoms with Crippen molar-refractivity contribution in [1.82, 2.24) is 4.57 Å². The number of nitrogens with zero attached hydrogens (tertiary/aromatic N) is 1. The van der Waals surface area contributed by atoms with Gasteiger partial charge in [0.2, 0.25) is 0 Å². The number of aromatic nitrogens is 1. The topological polar surface area (TPSA) is 4.93 Å². The summed E-state index contributed by atoms with van der Waals surface area (Å²) in [4.78, 5) is 0. The van der Waals surface area contributed by atoms with E-state index in [1.54, 1.807) is 5.32 Å². The van der Waals surface area contributed by atoms with Crippen molar-refractivity contribution in [3.63, 3.8) is 0 Å². The standard InChI is InChI=1S/C14H20NSi/c1-5-16(6-2)14-11(3)12-9-7-8-10-13(12)15(14)4/h7-10H,5-6H2,1-4H3. The Balaban J connectivity index is 2.70. The smallest absolute Gasteiger partial charge is 0.108 e. The van der Waals surface area contributed by atoms with Crippen LogP contribution in [0.2, 0.25) is 12.1 Å². The second-order valence-electron chi connectivity index (χ2n) is 4.36. The molecule has 1 radical (unpaired) electrons. The van der Waals surface area contributed by atoms with Gasteiger partial charge in [-0.3, -0.25) is 0 Å². The Kier molecular flexibility index (Phi) is 3.19. The van der Waals surface area contributed by atoms with Gasteiger partial charge in [0.1, 0.15) is 8.80 Å². The molecule has 0 bridgehead atoms. The molecule has 0 aliphatic rings. The van der Waals surface area contributed by atoms with Gasteiger partial charge in [-0.05, 0) is 18.6 Å². The molecular weight excluding hydrogens is 210 g/mol. The van der Waals surface area contributed by atoms with E-state index in [-0.39, 0.29) is 8.80 Å². The zero-order valence-corrected chi connectivity index (χ0v) is 11.7. The normalized spacial score (nSPS) is 11.6. The van der Waals surface area contributed by atoms with Crippen molar-refractivity contribution >= 4 is 25.0 Å². The highest BCUT2D eigenvalue weighted by atomic mass is 28.3. The highest BCUT2D eigenvalue weighted by Gasteiger charge is 2.18. The van der Waals surface area contributed by atoms with Crippen LogP contribution in [0.15, 0.2) is 24.3 Å². The maximum Gasteiger partial charge on any atom is 0.108 e. The molecule has 1 aromatic carbocycles. The molecule has 0 amide bonds. The van der Waals surface area contributed by atoms with Crippen molar-refractivity contribution < 1.29 is 0 Å². The maximum atomic E-state index is 2.42. The van der Waals surface area contributed by atoms with Gasteiger partial charge in [0.15, 0.2) is 0 Å². The third kappa shape index (κ3) is 1.61. The Labute approximate surface area is 99.7 Å². The predicted octanol–water partition coefficient (Wildman–Crippen LogP) is 3.23. The number of benzene rings is 1. The Hall–Kier alpha value is -1.02. The lowest BCUT2D eigenvalue weighted by atomic mass is 10.2. The summed E-state index contributed by atoms with van der Waals surface area (Å²) in [6, 6.07) is 11.4. The van der Waals surface area contributed by atoms with Crippen LogP contribution in [-0.4, -0.2) is 13.4 Å². The Morgan fingerprint density at radius 1 is 1.12 bits per heavy atom. The summed E-state index contributed by atoms with van der Waals surface area (Å²) in [7, 11) is 1.86. The SMILES string of the molecule is CC[Si](CC)c1c(C)c2ccccc2n1C. The van der Waals surface area contributed by atoms with Gasteiger partial charge in [-0.15, -0.1) is 0 Å². The molecule has 2 rings (SSSR count). The molecule has 2 heteroatoms. The number of aryl methyl sites for hydroxylation is 2. The number of hydrogen-bond acceptors (Lipinski definition) is 0. The van der Waals surface area contributed by atoms with Gasteiger partial charge >= 0.3 is 0 Å². The van der Waals surface area contributed by atoms with Crippen molar-refractivity contribution in [2.24, 2.45) is 7.05 Å². The van der Waals surface area contributed by atoms with Crippen LogP contribution in [0.1, 0.15) is 19.4 Å². The first-order chi connectivity index (χ1) is 7.70. The molecule has 0 saturated carbocycles. The van der Waals surface area contributed by atoms with E-state index in [2.05, 4.69) is 56.7 Å². The van der Waals surface area contributed by atoms with Gasteiger partial charge < -0.3 is 4.57 Å². The molecule has 1 heterocycles. The molecule has 1 aromatic heterocycles. The molecule has 0 unspecified atom stereocenters. The average Bonchev–Trinajstić information content (AvgIpc) is 2.57. The van der Waals surface area contributed by atoms with E-state index in [1.165, 1.54) is 28.6 Å². The number of para-hydroxylation sites is 1. The van der Waals surface area contributed by atoms with E-state index in [1.807, 2.05) is 0 Å². The summed E-state index contributed by atoms with van der Waals surface area (Å²) in [5.74, 6) is 0. The van der Waals surface area contributed by atoms with Gasteiger partial charge in [0.05, 0.1) is 0 Å². The first-order valence-corrected chi connectivity index (χ1v) is 8.01. The monoisotopic (exact) mass is 230 g/mol. The fourth-order valence-electron chi connectivity index (χ4n) is 2.67. The van der Waals surface area contributed by atoms with Crippen LogP contribution >= 0.6 is 0 Å². The summed E-state index contributed by atoms with van der Waals surface area (Å²) in [6.45, 7) is 6.94. The van der Waals surface area contributed by atoms with Gasteiger partial charge in [0.25, 0.3) is 0 Å².